The van der Waals surface area contributed by atoms with Gasteiger partial charge in [0.25, 0.3) is 5.91 Å². The number of nitrogens with two attached hydrogens (primary N) is 2. The molecule has 0 aromatic carbocycles. The van der Waals surface area contributed by atoms with Gasteiger partial charge in [0.1, 0.15) is 12.8 Å². The summed E-state index contributed by atoms with van der Waals surface area (Å²) >= 11 is 0. The lowest BCUT2D eigenvalue weighted by Crippen LogP contribution is -2.38. The number of carbonyl (C=O) groups excluding carboxylic acids is 3. The lowest BCUT2D eigenvalue weighted by Gasteiger charge is -2.23. The summed E-state index contributed by atoms with van der Waals surface area (Å²) in [5, 5.41) is 20.6. The molecule has 1 rings (SSSR count). The number of aliphatic imine (C=N–C) groups is 1. The van der Waals surface area contributed by atoms with Crippen molar-refractivity contribution < 1.29 is 29.5 Å². The number of primary amides is 2. The third-order valence-electron chi connectivity index (χ3n) is 2.72. The highest BCUT2D eigenvalue weighted by Crippen LogP contribution is 2.14. The van der Waals surface area contributed by atoms with Crippen LogP contribution in [0, 0.1) is 0 Å². The van der Waals surface area contributed by atoms with Gasteiger partial charge in [0, 0.05) is 6.20 Å². The summed E-state index contributed by atoms with van der Waals surface area (Å²) < 4.78 is 0. The molecule has 0 aromatic heterocycles. The quantitative estimate of drug-likeness (QED) is 0.229. The van der Waals surface area contributed by atoms with Crippen LogP contribution < -0.4 is 16.8 Å². The summed E-state index contributed by atoms with van der Waals surface area (Å²) in [6.07, 6.45) is 0.0104. The van der Waals surface area contributed by atoms with Gasteiger partial charge in [-0.3, -0.25) is 24.6 Å². The summed E-state index contributed by atoms with van der Waals surface area (Å²) in [4.78, 5) is 42.4. The zero-order valence-corrected chi connectivity index (χ0v) is 12.3. The summed E-state index contributed by atoms with van der Waals surface area (Å²) in [6.45, 7) is -0.620. The SMILES string of the molecule is NC(=O)CC1=CNC(CC(=O)N(O)OCCO)N=C1CC(N)=O. The summed E-state index contributed by atoms with van der Waals surface area (Å²) in [7, 11) is 0. The zero-order valence-electron chi connectivity index (χ0n) is 12.3. The van der Waals surface area contributed by atoms with Crippen LogP contribution in [-0.2, 0) is 19.2 Å². The van der Waals surface area contributed by atoms with Crippen LogP contribution in [0.4, 0.5) is 0 Å². The lowest BCUT2D eigenvalue weighted by atomic mass is 10.0. The van der Waals surface area contributed by atoms with Crippen molar-refractivity contribution in [2.75, 3.05) is 13.2 Å². The van der Waals surface area contributed by atoms with Crippen LogP contribution in [0.25, 0.3) is 0 Å². The number of rotatable bonds is 9. The van der Waals surface area contributed by atoms with E-state index in [0.29, 0.717) is 5.57 Å². The zero-order chi connectivity index (χ0) is 17.4. The van der Waals surface area contributed by atoms with Crippen LogP contribution in [0.15, 0.2) is 16.8 Å². The number of hydrogen-bond donors (Lipinski definition) is 5. The van der Waals surface area contributed by atoms with Crippen molar-refractivity contribution >= 4 is 23.4 Å². The third kappa shape index (κ3) is 6.42. The molecule has 0 spiro atoms. The topological polar surface area (TPSA) is 181 Å². The van der Waals surface area contributed by atoms with Crippen molar-refractivity contribution in [1.82, 2.24) is 10.5 Å². The van der Waals surface area contributed by atoms with Crippen molar-refractivity contribution in [3.05, 3.63) is 11.8 Å². The van der Waals surface area contributed by atoms with Gasteiger partial charge >= 0.3 is 0 Å². The van der Waals surface area contributed by atoms with E-state index in [1.165, 1.54) is 6.20 Å². The highest BCUT2D eigenvalue weighted by atomic mass is 16.9. The number of hydroxylamine groups is 2. The largest absolute Gasteiger partial charge is 0.394 e. The number of nitrogens with one attached hydrogen (secondary N) is 1. The van der Waals surface area contributed by atoms with Gasteiger partial charge in [-0.1, -0.05) is 5.23 Å². The van der Waals surface area contributed by atoms with E-state index in [-0.39, 0.29) is 43.4 Å². The average Bonchev–Trinajstić information content (AvgIpc) is 2.46. The molecular formula is C12H19N5O6. The Labute approximate surface area is 131 Å². The van der Waals surface area contributed by atoms with Crippen molar-refractivity contribution in [1.29, 1.82) is 0 Å². The molecule has 0 saturated carbocycles. The Hall–Kier alpha value is -2.50. The molecule has 0 aliphatic carbocycles. The molecule has 1 atom stereocenters. The van der Waals surface area contributed by atoms with Crippen LogP contribution in [0.2, 0.25) is 0 Å². The van der Waals surface area contributed by atoms with Gasteiger partial charge in [0.15, 0.2) is 0 Å². The fraction of sp³-hybridized carbons (Fsp3) is 0.500. The average molecular weight is 329 g/mol. The van der Waals surface area contributed by atoms with Crippen molar-refractivity contribution in [3.63, 3.8) is 0 Å². The molecule has 0 aromatic rings. The highest BCUT2D eigenvalue weighted by Gasteiger charge is 2.23. The van der Waals surface area contributed by atoms with Gasteiger partial charge in [-0.15, -0.1) is 0 Å². The van der Waals surface area contributed by atoms with Gasteiger partial charge in [-0.05, 0) is 5.57 Å². The summed E-state index contributed by atoms with van der Waals surface area (Å²) in [6, 6.07) is 0. The van der Waals surface area contributed by atoms with E-state index in [4.69, 9.17) is 16.6 Å². The predicted octanol–water partition coefficient (Wildman–Crippen LogP) is -2.48. The normalized spacial score (nSPS) is 16.9. The van der Waals surface area contributed by atoms with Gasteiger partial charge < -0.3 is 21.9 Å². The van der Waals surface area contributed by atoms with Gasteiger partial charge in [-0.25, -0.2) is 4.84 Å². The number of amides is 3. The van der Waals surface area contributed by atoms with Gasteiger partial charge in [0.2, 0.25) is 11.8 Å². The van der Waals surface area contributed by atoms with Crippen LogP contribution >= 0.6 is 0 Å². The number of hydrogen-bond acceptors (Lipinski definition) is 8. The molecular weight excluding hydrogens is 310 g/mol. The molecule has 11 nitrogen and oxygen atoms in total. The second kappa shape index (κ2) is 8.82. The second-order valence-electron chi connectivity index (χ2n) is 4.64. The lowest BCUT2D eigenvalue weighted by molar-refractivity contribution is -0.317. The Bertz CT molecular complexity index is 532. The molecule has 1 aliphatic rings. The second-order valence-corrected chi connectivity index (χ2v) is 4.64. The van der Waals surface area contributed by atoms with Gasteiger partial charge in [-0.2, -0.15) is 0 Å². The van der Waals surface area contributed by atoms with E-state index in [0.717, 1.165) is 0 Å². The standard InChI is InChI=1S/C12H19N5O6/c13-9(19)3-7-6-15-11(16-8(7)4-10(14)20)5-12(21)17(22)23-2-1-18/h6,11,15,18,22H,1-5H2,(H2,13,19)(H2,14,20). The Morgan fingerprint density at radius 3 is 2.52 bits per heavy atom. The molecule has 0 saturated heterocycles. The van der Waals surface area contributed by atoms with Crippen molar-refractivity contribution in [2.24, 2.45) is 16.5 Å². The smallest absolute Gasteiger partial charge is 0.277 e. The van der Waals surface area contributed by atoms with Crippen molar-refractivity contribution in [3.8, 4) is 0 Å². The molecule has 23 heavy (non-hydrogen) atoms. The van der Waals surface area contributed by atoms with Crippen LogP contribution in [0.5, 0.6) is 0 Å². The van der Waals surface area contributed by atoms with Crippen LogP contribution in [-0.4, -0.2) is 58.4 Å². The maximum Gasteiger partial charge on any atom is 0.277 e. The summed E-state index contributed by atoms with van der Waals surface area (Å²) in [5.74, 6) is -2.07. The molecule has 7 N–H and O–H groups in total. The van der Waals surface area contributed by atoms with E-state index < -0.39 is 23.9 Å². The molecule has 0 fully saturated rings. The molecule has 1 heterocycles. The van der Waals surface area contributed by atoms with Crippen LogP contribution in [0.1, 0.15) is 19.3 Å². The van der Waals surface area contributed by atoms with E-state index in [2.05, 4.69) is 15.1 Å². The minimum Gasteiger partial charge on any atom is -0.394 e. The molecule has 128 valence electrons. The van der Waals surface area contributed by atoms with E-state index in [1.54, 1.807) is 0 Å². The van der Waals surface area contributed by atoms with E-state index in [9.17, 15) is 19.6 Å². The van der Waals surface area contributed by atoms with Crippen molar-refractivity contribution in [2.45, 2.75) is 25.4 Å². The number of aliphatic hydroxyl groups excluding tert-OH is 1. The van der Waals surface area contributed by atoms with Gasteiger partial charge in [0.05, 0.1) is 31.6 Å². The molecule has 0 bridgehead atoms. The first kappa shape index (κ1) is 18.5. The summed E-state index contributed by atoms with van der Waals surface area (Å²) in [5.41, 5.74) is 10.9. The van der Waals surface area contributed by atoms with E-state index >= 15 is 0 Å². The minimum atomic E-state index is -0.815. The predicted molar refractivity (Wildman–Crippen MR) is 76.4 cm³/mol. The maximum absolute atomic E-state index is 11.7. The first-order chi connectivity index (χ1) is 10.8. The Balaban J connectivity index is 2.73. The molecule has 0 radical (unpaired) electrons. The molecule has 3 amide bonds. The molecule has 11 heteroatoms. The van der Waals surface area contributed by atoms with E-state index in [1.807, 2.05) is 0 Å². The number of aliphatic hydroxyl groups is 1. The molecule has 1 unspecified atom stereocenters. The maximum atomic E-state index is 11.7. The minimum absolute atomic E-state index is 0.00379. The van der Waals surface area contributed by atoms with Crippen LogP contribution in [0.3, 0.4) is 0 Å². The Morgan fingerprint density at radius 2 is 1.96 bits per heavy atom. The Morgan fingerprint density at radius 1 is 1.30 bits per heavy atom. The first-order valence-corrected chi connectivity index (χ1v) is 6.67. The third-order valence-corrected chi connectivity index (χ3v) is 2.72. The monoisotopic (exact) mass is 329 g/mol. The number of carbonyl (C=O) groups is 3. The highest BCUT2D eigenvalue weighted by molar-refractivity contribution is 6.12. The fourth-order valence-corrected chi connectivity index (χ4v) is 1.80. The number of nitrogens with zero attached hydrogens (tertiary/aromatic N) is 2. The molecule has 1 aliphatic heterocycles. The Kier molecular flexibility index (Phi) is 7.12. The first-order valence-electron chi connectivity index (χ1n) is 6.67. The fourth-order valence-electron chi connectivity index (χ4n) is 1.80.